The second-order valence-corrected chi connectivity index (χ2v) is 3.50. The van der Waals surface area contributed by atoms with E-state index in [9.17, 15) is 4.79 Å². The van der Waals surface area contributed by atoms with Gasteiger partial charge < -0.3 is 21.1 Å². The fraction of sp³-hybridized carbons (Fsp3) is 0.889. The fourth-order valence-electron chi connectivity index (χ4n) is 1.09. The van der Waals surface area contributed by atoms with Gasteiger partial charge in [0.05, 0.1) is 12.6 Å². The van der Waals surface area contributed by atoms with Gasteiger partial charge in [0.15, 0.2) is 0 Å². The number of carbonyl (C=O) groups excluding carboxylic acids is 1. The third-order valence-corrected chi connectivity index (χ3v) is 1.64. The van der Waals surface area contributed by atoms with E-state index in [1.807, 2.05) is 13.8 Å². The first-order chi connectivity index (χ1) is 6.60. The third kappa shape index (κ3) is 6.68. The molecule has 0 radical (unpaired) electrons. The fourth-order valence-corrected chi connectivity index (χ4v) is 1.09. The van der Waals surface area contributed by atoms with Crippen molar-refractivity contribution in [1.82, 2.24) is 10.6 Å². The summed E-state index contributed by atoms with van der Waals surface area (Å²) < 4.78 is 4.96. The van der Waals surface area contributed by atoms with Crippen molar-refractivity contribution in [3.05, 3.63) is 0 Å². The van der Waals surface area contributed by atoms with Crippen molar-refractivity contribution in [2.45, 2.75) is 32.4 Å². The molecule has 0 aromatic rings. The first kappa shape index (κ1) is 13.2. The van der Waals surface area contributed by atoms with Gasteiger partial charge in [-0.15, -0.1) is 0 Å². The Morgan fingerprint density at radius 3 is 2.50 bits per heavy atom. The van der Waals surface area contributed by atoms with Gasteiger partial charge in [0, 0.05) is 13.2 Å². The number of urea groups is 1. The lowest BCUT2D eigenvalue weighted by atomic mass is 10.2. The second-order valence-electron chi connectivity index (χ2n) is 3.50. The maximum atomic E-state index is 11.3. The lowest BCUT2D eigenvalue weighted by Crippen LogP contribution is -2.46. The number of hydrogen-bond acceptors (Lipinski definition) is 3. The maximum absolute atomic E-state index is 11.3. The summed E-state index contributed by atoms with van der Waals surface area (Å²) in [6.45, 7) is 4.85. The first-order valence-electron chi connectivity index (χ1n) is 4.86. The van der Waals surface area contributed by atoms with Crippen molar-refractivity contribution in [1.29, 1.82) is 0 Å². The van der Waals surface area contributed by atoms with Crippen LogP contribution in [0.2, 0.25) is 0 Å². The quantitative estimate of drug-likeness (QED) is 0.571. The Kier molecular flexibility index (Phi) is 7.14. The van der Waals surface area contributed by atoms with E-state index in [0.29, 0.717) is 13.2 Å². The van der Waals surface area contributed by atoms with E-state index in [1.165, 1.54) is 0 Å². The Morgan fingerprint density at radius 1 is 1.43 bits per heavy atom. The van der Waals surface area contributed by atoms with Crippen LogP contribution in [-0.2, 0) is 4.74 Å². The van der Waals surface area contributed by atoms with Crippen LogP contribution in [0.5, 0.6) is 0 Å². The Hall–Kier alpha value is -0.810. The number of hydrogen-bond donors (Lipinski definition) is 3. The molecule has 0 aliphatic heterocycles. The smallest absolute Gasteiger partial charge is 0.315 e. The zero-order chi connectivity index (χ0) is 11.0. The summed E-state index contributed by atoms with van der Waals surface area (Å²) in [6.07, 6.45) is 0.722. The van der Waals surface area contributed by atoms with Crippen molar-refractivity contribution in [3.8, 4) is 0 Å². The normalized spacial score (nSPS) is 12.6. The van der Waals surface area contributed by atoms with Crippen LogP contribution in [-0.4, -0.2) is 38.4 Å². The van der Waals surface area contributed by atoms with Crippen LogP contribution < -0.4 is 16.4 Å². The molecule has 0 rings (SSSR count). The Balaban J connectivity index is 3.82. The third-order valence-electron chi connectivity index (χ3n) is 1.64. The van der Waals surface area contributed by atoms with Gasteiger partial charge in [0.1, 0.15) is 0 Å². The summed E-state index contributed by atoms with van der Waals surface area (Å²) in [5.74, 6) is 0. The summed E-state index contributed by atoms with van der Waals surface area (Å²) in [5.41, 5.74) is 5.41. The van der Waals surface area contributed by atoms with Gasteiger partial charge in [-0.3, -0.25) is 0 Å². The second kappa shape index (κ2) is 7.58. The van der Waals surface area contributed by atoms with E-state index in [1.54, 1.807) is 7.11 Å². The molecule has 0 saturated heterocycles. The molecule has 1 atom stereocenters. The van der Waals surface area contributed by atoms with Gasteiger partial charge in [-0.1, -0.05) is 0 Å². The van der Waals surface area contributed by atoms with Gasteiger partial charge in [-0.05, 0) is 26.8 Å². The number of carbonyl (C=O) groups is 1. The van der Waals surface area contributed by atoms with E-state index in [4.69, 9.17) is 10.5 Å². The number of nitrogens with two attached hydrogens (primary N) is 1. The van der Waals surface area contributed by atoms with Gasteiger partial charge in [0.25, 0.3) is 0 Å². The first-order valence-corrected chi connectivity index (χ1v) is 4.86. The van der Waals surface area contributed by atoms with E-state index < -0.39 is 0 Å². The van der Waals surface area contributed by atoms with Gasteiger partial charge in [-0.25, -0.2) is 4.79 Å². The minimum absolute atomic E-state index is 0.0104. The number of amides is 2. The van der Waals surface area contributed by atoms with Gasteiger partial charge in [-0.2, -0.15) is 0 Å². The van der Waals surface area contributed by atoms with Crippen LogP contribution in [0.4, 0.5) is 4.79 Å². The molecule has 0 aliphatic carbocycles. The molecule has 14 heavy (non-hydrogen) atoms. The summed E-state index contributed by atoms with van der Waals surface area (Å²) in [5, 5.41) is 5.54. The highest BCUT2D eigenvalue weighted by Gasteiger charge is 2.11. The van der Waals surface area contributed by atoms with Gasteiger partial charge in [0.2, 0.25) is 0 Å². The zero-order valence-corrected chi connectivity index (χ0v) is 9.17. The van der Waals surface area contributed by atoms with Crippen LogP contribution >= 0.6 is 0 Å². The predicted molar refractivity (Wildman–Crippen MR) is 56.1 cm³/mol. The molecular weight excluding hydrogens is 182 g/mol. The van der Waals surface area contributed by atoms with Crippen molar-refractivity contribution in [3.63, 3.8) is 0 Å². The molecular formula is C9H21N3O2. The topological polar surface area (TPSA) is 76.4 Å². The highest BCUT2D eigenvalue weighted by Crippen LogP contribution is 1.91. The van der Waals surface area contributed by atoms with Crippen LogP contribution in [0.3, 0.4) is 0 Å². The number of rotatable bonds is 6. The average molecular weight is 203 g/mol. The number of methoxy groups -OCH3 is 1. The highest BCUT2D eigenvalue weighted by atomic mass is 16.5. The van der Waals surface area contributed by atoms with Crippen molar-refractivity contribution >= 4 is 6.03 Å². The molecule has 0 aliphatic rings. The molecule has 84 valence electrons. The molecule has 0 aromatic carbocycles. The molecule has 0 saturated carbocycles. The molecule has 0 aromatic heterocycles. The van der Waals surface area contributed by atoms with Crippen LogP contribution in [0.25, 0.3) is 0 Å². The SMILES string of the molecule is COCC(CCN)NC(=O)NC(C)C. The number of ether oxygens (including phenoxy) is 1. The van der Waals surface area contributed by atoms with E-state index in [2.05, 4.69) is 10.6 Å². The summed E-state index contributed by atoms with van der Waals surface area (Å²) >= 11 is 0. The average Bonchev–Trinajstić information content (AvgIpc) is 2.03. The molecule has 0 heterocycles. The number of nitrogens with one attached hydrogen (secondary N) is 2. The molecule has 5 nitrogen and oxygen atoms in total. The zero-order valence-electron chi connectivity index (χ0n) is 9.17. The van der Waals surface area contributed by atoms with Crippen LogP contribution in [0, 0.1) is 0 Å². The molecule has 1 unspecified atom stereocenters. The van der Waals surface area contributed by atoms with Gasteiger partial charge >= 0.3 is 6.03 Å². The maximum Gasteiger partial charge on any atom is 0.315 e. The molecule has 5 heteroatoms. The Labute approximate surface area is 85.4 Å². The lowest BCUT2D eigenvalue weighted by molar-refractivity contribution is 0.162. The monoisotopic (exact) mass is 203 g/mol. The molecule has 0 spiro atoms. The van der Waals surface area contributed by atoms with Crippen molar-refractivity contribution in [2.75, 3.05) is 20.3 Å². The molecule has 2 amide bonds. The summed E-state index contributed by atoms with van der Waals surface area (Å²) in [7, 11) is 1.60. The van der Waals surface area contributed by atoms with Crippen LogP contribution in [0.15, 0.2) is 0 Å². The lowest BCUT2D eigenvalue weighted by Gasteiger charge is -2.18. The predicted octanol–water partition coefficient (Wildman–Crippen LogP) is 0.0578. The molecule has 4 N–H and O–H groups in total. The summed E-state index contributed by atoms with van der Waals surface area (Å²) in [4.78, 5) is 11.3. The van der Waals surface area contributed by atoms with Crippen molar-refractivity contribution < 1.29 is 9.53 Å². The Morgan fingerprint density at radius 2 is 2.07 bits per heavy atom. The Bertz CT molecular complexity index is 156. The minimum Gasteiger partial charge on any atom is -0.383 e. The van der Waals surface area contributed by atoms with E-state index in [-0.39, 0.29) is 18.1 Å². The van der Waals surface area contributed by atoms with Crippen molar-refractivity contribution in [2.24, 2.45) is 5.73 Å². The highest BCUT2D eigenvalue weighted by molar-refractivity contribution is 5.74. The van der Waals surface area contributed by atoms with Crippen LogP contribution in [0.1, 0.15) is 20.3 Å². The molecule has 0 fully saturated rings. The molecule has 0 bridgehead atoms. The van der Waals surface area contributed by atoms with E-state index >= 15 is 0 Å². The summed E-state index contributed by atoms with van der Waals surface area (Å²) in [6, 6.07) is -0.0460. The minimum atomic E-state index is -0.171. The van der Waals surface area contributed by atoms with E-state index in [0.717, 1.165) is 6.42 Å². The largest absolute Gasteiger partial charge is 0.383 e. The standard InChI is InChI=1S/C9H21N3O2/c1-7(2)11-9(13)12-8(4-5-10)6-14-3/h7-8H,4-6,10H2,1-3H3,(H2,11,12,13).